The van der Waals surface area contributed by atoms with Crippen LogP contribution in [0.1, 0.15) is 69.4 Å². The minimum atomic E-state index is -0.955. The summed E-state index contributed by atoms with van der Waals surface area (Å²) in [5, 5.41) is 17.0. The molecule has 10 nitrogen and oxygen atoms in total. The van der Waals surface area contributed by atoms with Gasteiger partial charge < -0.3 is 20.5 Å². The van der Waals surface area contributed by atoms with E-state index in [9.17, 15) is 14.7 Å². The fourth-order valence-corrected chi connectivity index (χ4v) is 6.24. The molecular weight excluding hydrogens is 711 g/mol. The molecule has 0 radical (unpaired) electrons. The maximum atomic E-state index is 12.2. The van der Waals surface area contributed by atoms with E-state index in [2.05, 4.69) is 30.6 Å². The molecule has 2 aliphatic carbocycles. The number of ether oxygens (including phenoxy) is 1. The van der Waals surface area contributed by atoms with Gasteiger partial charge in [0.2, 0.25) is 0 Å². The number of anilines is 4. The number of carboxylic acid groups (broad SMARTS) is 1. The van der Waals surface area contributed by atoms with E-state index in [1.54, 1.807) is 49.1 Å². The van der Waals surface area contributed by atoms with Crippen molar-refractivity contribution in [3.8, 4) is 22.8 Å². The fraction of sp³-hybridized carbons (Fsp3) is 0.171. The molecule has 6 aromatic rings. The number of halogens is 2. The van der Waals surface area contributed by atoms with E-state index in [0.29, 0.717) is 61.8 Å². The Morgan fingerprint density at radius 1 is 0.642 bits per heavy atom. The summed E-state index contributed by atoms with van der Waals surface area (Å²) in [4.78, 5) is 41.2. The van der Waals surface area contributed by atoms with E-state index in [4.69, 9.17) is 27.9 Å². The smallest absolute Gasteiger partial charge is 0.339 e. The van der Waals surface area contributed by atoms with Crippen molar-refractivity contribution in [2.75, 3.05) is 17.7 Å². The van der Waals surface area contributed by atoms with Gasteiger partial charge >= 0.3 is 11.9 Å². The van der Waals surface area contributed by atoms with E-state index < -0.39 is 5.97 Å². The number of rotatable bonds is 10. The lowest BCUT2D eigenvalue weighted by molar-refractivity contribution is 0.0600. The second-order valence-electron chi connectivity index (χ2n) is 12.8. The minimum absolute atomic E-state index is 0.254. The van der Waals surface area contributed by atoms with Crippen molar-refractivity contribution in [2.24, 2.45) is 0 Å². The molecule has 2 saturated carbocycles. The lowest BCUT2D eigenvalue weighted by Gasteiger charge is -2.12. The lowest BCUT2D eigenvalue weighted by atomic mass is 10.0. The second kappa shape index (κ2) is 15.8. The van der Waals surface area contributed by atoms with Crippen LogP contribution in [0.15, 0.2) is 110 Å². The van der Waals surface area contributed by atoms with Crippen LogP contribution >= 0.6 is 23.2 Å². The Morgan fingerprint density at radius 2 is 1.06 bits per heavy atom. The van der Waals surface area contributed by atoms with Crippen molar-refractivity contribution in [3.63, 3.8) is 0 Å². The van der Waals surface area contributed by atoms with E-state index in [1.807, 2.05) is 60.7 Å². The number of esters is 1. The molecule has 0 unspecified atom stereocenters. The number of nitrogens with zero attached hydrogens (tertiary/aromatic N) is 4. The zero-order valence-electron chi connectivity index (χ0n) is 28.6. The van der Waals surface area contributed by atoms with Crippen LogP contribution in [0.2, 0.25) is 10.0 Å². The van der Waals surface area contributed by atoms with Gasteiger partial charge in [-0.2, -0.15) is 0 Å². The first-order chi connectivity index (χ1) is 25.8. The molecule has 2 heterocycles. The number of nitrogens with one attached hydrogen (secondary N) is 2. The Balaban J connectivity index is 0.000000164. The van der Waals surface area contributed by atoms with E-state index in [0.717, 1.165) is 29.5 Å². The monoisotopic (exact) mass is 744 g/mol. The molecular formula is C41H34Cl2N6O4. The number of hydrogen-bond donors (Lipinski definition) is 3. The Morgan fingerprint density at radius 3 is 1.45 bits per heavy atom. The Kier molecular flexibility index (Phi) is 10.6. The third-order valence-corrected chi connectivity index (χ3v) is 9.57. The van der Waals surface area contributed by atoms with Gasteiger partial charge in [0.25, 0.3) is 0 Å². The summed E-state index contributed by atoms with van der Waals surface area (Å²) < 4.78 is 4.94. The highest BCUT2D eigenvalue weighted by atomic mass is 35.5. The van der Waals surface area contributed by atoms with Gasteiger partial charge in [0.1, 0.15) is 0 Å². The zero-order valence-corrected chi connectivity index (χ0v) is 30.1. The van der Waals surface area contributed by atoms with Crippen molar-refractivity contribution >= 4 is 57.9 Å². The summed E-state index contributed by atoms with van der Waals surface area (Å²) in [6.07, 6.45) is 11.2. The second-order valence-corrected chi connectivity index (χ2v) is 13.6. The molecule has 0 amide bonds. The van der Waals surface area contributed by atoms with Gasteiger partial charge in [-0.3, -0.25) is 0 Å². The van der Waals surface area contributed by atoms with Crippen molar-refractivity contribution in [3.05, 3.63) is 142 Å². The number of aromatic carboxylic acids is 1. The van der Waals surface area contributed by atoms with Crippen LogP contribution in [-0.2, 0) is 4.74 Å². The highest BCUT2D eigenvalue weighted by Gasteiger charge is 2.26. The van der Waals surface area contributed by atoms with Crippen LogP contribution < -0.4 is 10.6 Å². The molecule has 12 heteroatoms. The maximum Gasteiger partial charge on any atom is 0.339 e. The first-order valence-electron chi connectivity index (χ1n) is 17.0. The van der Waals surface area contributed by atoms with Gasteiger partial charge in [0, 0.05) is 11.1 Å². The quantitative estimate of drug-likeness (QED) is 0.116. The number of hydrogen-bond acceptors (Lipinski definition) is 9. The van der Waals surface area contributed by atoms with Gasteiger partial charge in [-0.15, -0.1) is 0 Å². The Hall–Kier alpha value is -5.84. The average Bonchev–Trinajstić information content (AvgIpc) is 4.11. The van der Waals surface area contributed by atoms with Crippen molar-refractivity contribution in [1.82, 2.24) is 19.9 Å². The van der Waals surface area contributed by atoms with Crippen LogP contribution in [0, 0.1) is 0 Å². The summed E-state index contributed by atoms with van der Waals surface area (Å²) in [5.41, 5.74) is 7.02. The number of carbonyl (C=O) groups is 2. The molecule has 0 spiro atoms. The maximum absolute atomic E-state index is 12.2. The molecule has 0 aliphatic heterocycles. The Labute approximate surface area is 316 Å². The first-order valence-corrected chi connectivity index (χ1v) is 17.8. The van der Waals surface area contributed by atoms with Crippen LogP contribution in [0.3, 0.4) is 0 Å². The molecule has 0 atom stereocenters. The topological polar surface area (TPSA) is 139 Å². The van der Waals surface area contributed by atoms with Crippen LogP contribution in [-0.4, -0.2) is 44.1 Å². The molecule has 2 aliphatic rings. The summed E-state index contributed by atoms with van der Waals surface area (Å²) >= 11 is 12.4. The molecule has 3 N–H and O–H groups in total. The molecule has 0 saturated heterocycles. The van der Waals surface area contributed by atoms with Gasteiger partial charge in [0.15, 0.2) is 11.6 Å². The third-order valence-electron chi connectivity index (χ3n) is 8.91. The van der Waals surface area contributed by atoms with Gasteiger partial charge in [-0.1, -0.05) is 59.6 Å². The first kappa shape index (κ1) is 35.6. The molecule has 2 aromatic heterocycles. The average molecular weight is 746 g/mol. The normalized spacial score (nSPS) is 13.3. The van der Waals surface area contributed by atoms with E-state index in [1.165, 1.54) is 25.5 Å². The van der Waals surface area contributed by atoms with Crippen molar-refractivity contribution in [1.29, 1.82) is 0 Å². The molecule has 53 heavy (non-hydrogen) atoms. The fourth-order valence-electron chi connectivity index (χ4n) is 5.80. The summed E-state index contributed by atoms with van der Waals surface area (Å²) in [5.74, 6) is 0.797. The summed E-state index contributed by atoms with van der Waals surface area (Å²) in [6, 6.07) is 26.2. The van der Waals surface area contributed by atoms with Crippen LogP contribution in [0.4, 0.5) is 22.7 Å². The van der Waals surface area contributed by atoms with Crippen LogP contribution in [0.5, 0.6) is 0 Å². The van der Waals surface area contributed by atoms with E-state index >= 15 is 0 Å². The Bertz CT molecular complexity index is 2280. The highest BCUT2D eigenvalue weighted by molar-refractivity contribution is 6.33. The van der Waals surface area contributed by atoms with E-state index in [-0.39, 0.29) is 11.5 Å². The summed E-state index contributed by atoms with van der Waals surface area (Å²) in [6.45, 7) is 0. The molecule has 0 bridgehead atoms. The van der Waals surface area contributed by atoms with Gasteiger partial charge in [-0.25, -0.2) is 29.5 Å². The van der Waals surface area contributed by atoms with Gasteiger partial charge in [0.05, 0.1) is 75.8 Å². The number of carboxylic acids is 1. The predicted molar refractivity (Wildman–Crippen MR) is 207 cm³/mol. The predicted octanol–water partition coefficient (Wildman–Crippen LogP) is 10.3. The largest absolute Gasteiger partial charge is 0.478 e. The zero-order chi connectivity index (χ0) is 36.9. The molecule has 4 aromatic carbocycles. The standard InChI is InChI=1S/C21H18ClN3O2.C20H16ClN3O2/c1-27-21(26)17-10-14(13-6-7-13)8-9-19(17)25-15-11-23-20(24-12-15)16-4-2-3-5-18(16)22;21-17-4-2-1-3-15(17)19-22-10-14(11-23-19)24-18-8-7-13(12-5-6-12)9-16(18)20(25)26/h2-5,8-13,25H,6-7H2,1H3;1-4,7-12,24H,5-6H2,(H,25,26). The number of aromatic nitrogens is 4. The number of carbonyl (C=O) groups excluding carboxylic acids is 1. The minimum Gasteiger partial charge on any atom is -0.478 e. The van der Waals surface area contributed by atoms with Crippen molar-refractivity contribution < 1.29 is 19.4 Å². The molecule has 2 fully saturated rings. The van der Waals surface area contributed by atoms with Gasteiger partial charge in [-0.05, 0) is 97.2 Å². The SMILES string of the molecule is COC(=O)c1cc(C2CC2)ccc1Nc1cnc(-c2ccccc2Cl)nc1.O=C(O)c1cc(C2CC2)ccc1Nc1cnc(-c2ccccc2Cl)nc1. The number of methoxy groups -OCH3 is 1. The van der Waals surface area contributed by atoms with Crippen LogP contribution in [0.25, 0.3) is 22.8 Å². The molecule has 266 valence electrons. The molecule has 8 rings (SSSR count). The highest BCUT2D eigenvalue weighted by Crippen LogP contribution is 2.42. The number of benzene rings is 4. The lowest BCUT2D eigenvalue weighted by Crippen LogP contribution is -2.07. The third kappa shape index (κ3) is 8.63. The summed E-state index contributed by atoms with van der Waals surface area (Å²) in [7, 11) is 1.39. The van der Waals surface area contributed by atoms with Crippen molar-refractivity contribution in [2.45, 2.75) is 37.5 Å².